The van der Waals surface area contributed by atoms with Crippen molar-refractivity contribution < 1.29 is 37.0 Å². The first-order valence-electron chi connectivity index (χ1n) is 8.72. The van der Waals surface area contributed by atoms with Crippen molar-refractivity contribution in [1.29, 1.82) is 0 Å². The number of carbonyl (C=O) groups is 1. The van der Waals surface area contributed by atoms with Crippen LogP contribution in [0.3, 0.4) is 0 Å². The van der Waals surface area contributed by atoms with Gasteiger partial charge in [-0.25, -0.2) is 0 Å². The SMILES string of the molecule is COc1ccc(-[n+]2noc([O-])c2SCCC(=O)Nc2ccc(Cl)cc2C(F)(F)F)cc1. The summed E-state index contributed by atoms with van der Waals surface area (Å²) < 4.78 is 50.4. The Morgan fingerprint density at radius 2 is 2.00 bits per heavy atom. The molecule has 1 N–H and O–H groups in total. The van der Waals surface area contributed by atoms with Gasteiger partial charge in [0.2, 0.25) is 11.6 Å². The average Bonchev–Trinajstić information content (AvgIpc) is 3.09. The van der Waals surface area contributed by atoms with E-state index in [0.717, 1.165) is 23.9 Å². The summed E-state index contributed by atoms with van der Waals surface area (Å²) in [6.07, 6.45) is -4.83. The highest BCUT2D eigenvalue weighted by molar-refractivity contribution is 7.99. The van der Waals surface area contributed by atoms with Gasteiger partial charge in [0.05, 0.1) is 23.6 Å². The summed E-state index contributed by atoms with van der Waals surface area (Å²) in [6.45, 7) is 0. The van der Waals surface area contributed by atoms with Gasteiger partial charge in [0.25, 0.3) is 5.03 Å². The lowest BCUT2D eigenvalue weighted by Gasteiger charge is -2.14. The minimum absolute atomic E-state index is 0.0978. The third-order valence-electron chi connectivity index (χ3n) is 4.02. The molecule has 0 unspecified atom stereocenters. The summed E-state index contributed by atoms with van der Waals surface area (Å²) in [5.74, 6) is -0.632. The van der Waals surface area contributed by atoms with Crippen molar-refractivity contribution in [2.24, 2.45) is 0 Å². The average molecular weight is 474 g/mol. The molecule has 0 bridgehead atoms. The molecule has 7 nitrogen and oxygen atoms in total. The Kier molecular flexibility index (Phi) is 6.96. The highest BCUT2D eigenvalue weighted by Gasteiger charge is 2.34. The standard InChI is InChI=1S/C19H15ClF3N3O4S/c1-29-13-5-3-12(4-6-13)26-17(18(28)30-25-26)31-9-8-16(27)24-15-7-2-11(20)10-14(15)19(21,22)23/h2-7,10H,8-9H2,1H3,(H-,24,25,27,28). The maximum absolute atomic E-state index is 13.1. The van der Waals surface area contributed by atoms with Crippen LogP contribution in [-0.4, -0.2) is 24.0 Å². The molecule has 1 amide bonds. The minimum atomic E-state index is -4.67. The van der Waals surface area contributed by atoms with Crippen molar-refractivity contribution in [3.63, 3.8) is 0 Å². The van der Waals surface area contributed by atoms with Crippen LogP contribution in [0.1, 0.15) is 12.0 Å². The number of thioether (sulfide) groups is 1. The topological polar surface area (TPSA) is 91.3 Å². The zero-order valence-corrected chi connectivity index (χ0v) is 17.5. The van der Waals surface area contributed by atoms with E-state index in [2.05, 4.69) is 10.6 Å². The fourth-order valence-corrected chi connectivity index (χ4v) is 3.63. The number of hydrogen-bond acceptors (Lipinski definition) is 6. The molecule has 0 aliphatic carbocycles. The number of anilines is 1. The molecule has 3 aromatic rings. The summed E-state index contributed by atoms with van der Waals surface area (Å²) in [4.78, 5) is 12.2. The first-order chi connectivity index (χ1) is 14.7. The van der Waals surface area contributed by atoms with Crippen molar-refractivity contribution in [2.45, 2.75) is 17.6 Å². The van der Waals surface area contributed by atoms with E-state index in [-0.39, 0.29) is 22.2 Å². The molecule has 3 rings (SSSR count). The van der Waals surface area contributed by atoms with Crippen LogP contribution in [0.4, 0.5) is 18.9 Å². The van der Waals surface area contributed by atoms with Gasteiger partial charge in [-0.15, -0.1) is 0 Å². The van der Waals surface area contributed by atoms with Crippen LogP contribution in [0.5, 0.6) is 11.7 Å². The van der Waals surface area contributed by atoms with E-state index in [1.54, 1.807) is 24.3 Å². The minimum Gasteiger partial charge on any atom is -0.538 e. The smallest absolute Gasteiger partial charge is 0.418 e. The molecule has 0 saturated carbocycles. The number of aromatic nitrogens is 2. The molecular formula is C19H15ClF3N3O4S. The van der Waals surface area contributed by atoms with Crippen molar-refractivity contribution in [2.75, 3.05) is 18.2 Å². The van der Waals surface area contributed by atoms with Crippen molar-refractivity contribution >= 4 is 35.0 Å². The van der Waals surface area contributed by atoms with E-state index in [1.165, 1.54) is 17.9 Å². The number of nitrogens with one attached hydrogen (secondary N) is 1. The van der Waals surface area contributed by atoms with Crippen LogP contribution in [0.2, 0.25) is 5.02 Å². The summed E-state index contributed by atoms with van der Waals surface area (Å²) in [5.41, 5.74) is -0.900. The molecular weight excluding hydrogens is 459 g/mol. The Bertz CT molecular complexity index is 1070. The number of hydrogen-bond donors (Lipinski definition) is 1. The molecule has 0 fully saturated rings. The van der Waals surface area contributed by atoms with Gasteiger partial charge in [0, 0.05) is 29.3 Å². The monoisotopic (exact) mass is 473 g/mol. The van der Waals surface area contributed by atoms with Crippen LogP contribution in [0.15, 0.2) is 52.0 Å². The number of ether oxygens (including phenoxy) is 1. The maximum atomic E-state index is 13.1. The Labute approximate surface area is 183 Å². The van der Waals surface area contributed by atoms with Gasteiger partial charge in [-0.05, 0) is 35.0 Å². The normalized spacial score (nSPS) is 11.4. The van der Waals surface area contributed by atoms with E-state index in [1.807, 2.05) is 0 Å². The van der Waals surface area contributed by atoms with Gasteiger partial charge >= 0.3 is 6.18 Å². The second kappa shape index (κ2) is 9.48. The van der Waals surface area contributed by atoms with Crippen molar-refractivity contribution in [3.05, 3.63) is 53.1 Å². The van der Waals surface area contributed by atoms with Crippen LogP contribution in [-0.2, 0) is 11.0 Å². The van der Waals surface area contributed by atoms with Gasteiger partial charge in [-0.3, -0.25) is 4.79 Å². The van der Waals surface area contributed by atoms with Gasteiger partial charge in [-0.2, -0.15) is 13.2 Å². The second-order valence-corrected chi connectivity index (χ2v) is 7.63. The van der Waals surface area contributed by atoms with Crippen LogP contribution in [0.25, 0.3) is 5.69 Å². The molecule has 0 aliphatic heterocycles. The van der Waals surface area contributed by atoms with E-state index >= 15 is 0 Å². The zero-order valence-electron chi connectivity index (χ0n) is 15.9. The number of carbonyl (C=O) groups excluding carboxylic acids is 1. The van der Waals surface area contributed by atoms with Crippen LogP contribution >= 0.6 is 23.4 Å². The quantitative estimate of drug-likeness (QED) is 0.414. The lowest BCUT2D eigenvalue weighted by atomic mass is 10.1. The predicted molar refractivity (Wildman–Crippen MR) is 104 cm³/mol. The predicted octanol–water partition coefficient (Wildman–Crippen LogP) is 3.83. The Morgan fingerprint density at radius 3 is 2.65 bits per heavy atom. The molecule has 1 aromatic heterocycles. The molecule has 1 heterocycles. The Hall–Kier alpha value is -2.92. The van der Waals surface area contributed by atoms with E-state index in [0.29, 0.717) is 11.4 Å². The van der Waals surface area contributed by atoms with Gasteiger partial charge in [-0.1, -0.05) is 23.4 Å². The number of rotatable bonds is 7. The second-order valence-electron chi connectivity index (χ2n) is 6.11. The molecule has 0 aliphatic rings. The molecule has 31 heavy (non-hydrogen) atoms. The molecule has 0 saturated heterocycles. The number of benzene rings is 2. The zero-order chi connectivity index (χ0) is 22.6. The largest absolute Gasteiger partial charge is 0.538 e. The number of nitrogens with zero attached hydrogens (tertiary/aromatic N) is 2. The Morgan fingerprint density at radius 1 is 1.29 bits per heavy atom. The number of methoxy groups -OCH3 is 1. The third kappa shape index (κ3) is 5.61. The van der Waals surface area contributed by atoms with E-state index in [4.69, 9.17) is 20.9 Å². The van der Waals surface area contributed by atoms with Crippen molar-refractivity contribution in [1.82, 2.24) is 5.27 Å². The summed E-state index contributed by atoms with van der Waals surface area (Å²) in [6, 6.07) is 9.75. The molecule has 12 heteroatoms. The maximum Gasteiger partial charge on any atom is 0.418 e. The summed E-state index contributed by atoms with van der Waals surface area (Å²) >= 11 is 6.62. The van der Waals surface area contributed by atoms with Gasteiger partial charge in [0.1, 0.15) is 5.75 Å². The first kappa shape index (κ1) is 22.8. The lowest BCUT2D eigenvalue weighted by Crippen LogP contribution is -2.34. The van der Waals surface area contributed by atoms with Crippen LogP contribution < -0.4 is 19.8 Å². The highest BCUT2D eigenvalue weighted by atomic mass is 35.5. The molecule has 0 radical (unpaired) electrons. The number of amides is 1. The molecule has 164 valence electrons. The van der Waals surface area contributed by atoms with Gasteiger partial charge in [0.15, 0.2) is 5.95 Å². The van der Waals surface area contributed by atoms with Crippen molar-refractivity contribution in [3.8, 4) is 17.4 Å². The Balaban J connectivity index is 1.65. The van der Waals surface area contributed by atoms with Gasteiger partial charge < -0.3 is 19.7 Å². The van der Waals surface area contributed by atoms with Crippen LogP contribution in [0, 0.1) is 0 Å². The third-order valence-corrected chi connectivity index (χ3v) is 5.27. The molecule has 0 spiro atoms. The summed E-state index contributed by atoms with van der Waals surface area (Å²) in [7, 11) is 1.52. The fourth-order valence-electron chi connectivity index (χ4n) is 2.56. The lowest BCUT2D eigenvalue weighted by molar-refractivity contribution is -0.705. The summed E-state index contributed by atoms with van der Waals surface area (Å²) in [5, 5.41) is 17.9. The molecule has 0 atom stereocenters. The first-order valence-corrected chi connectivity index (χ1v) is 10.1. The fraction of sp³-hybridized carbons (Fsp3) is 0.211. The number of halogens is 4. The number of alkyl halides is 3. The highest BCUT2D eigenvalue weighted by Crippen LogP contribution is 2.36. The molecule has 2 aromatic carbocycles. The van der Waals surface area contributed by atoms with E-state index < -0.39 is 29.3 Å². The van der Waals surface area contributed by atoms with E-state index in [9.17, 15) is 23.1 Å².